The molecule has 2 atom stereocenters. The second-order valence-electron chi connectivity index (χ2n) is 17.0. The van der Waals surface area contributed by atoms with Gasteiger partial charge in [0, 0.05) is 16.9 Å². The summed E-state index contributed by atoms with van der Waals surface area (Å²) in [6.07, 6.45) is 15.1. The summed E-state index contributed by atoms with van der Waals surface area (Å²) in [6, 6.07) is 66.5. The van der Waals surface area contributed by atoms with Crippen molar-refractivity contribution in [2.75, 3.05) is 4.90 Å². The van der Waals surface area contributed by atoms with Gasteiger partial charge >= 0.3 is 0 Å². The third-order valence-electron chi connectivity index (χ3n) is 14.0. The van der Waals surface area contributed by atoms with Gasteiger partial charge in [0.25, 0.3) is 0 Å². The summed E-state index contributed by atoms with van der Waals surface area (Å²) < 4.78 is 0. The zero-order valence-corrected chi connectivity index (χ0v) is 33.3. The van der Waals surface area contributed by atoms with Crippen LogP contribution in [0.15, 0.2) is 212 Å². The molecule has 1 nitrogen and oxygen atoms in total. The normalized spacial score (nSPS) is 18.6. The van der Waals surface area contributed by atoms with Crippen LogP contribution in [-0.4, -0.2) is 6.04 Å². The van der Waals surface area contributed by atoms with Gasteiger partial charge in [-0.25, -0.2) is 0 Å². The van der Waals surface area contributed by atoms with E-state index in [1.165, 1.54) is 110 Å². The molecule has 0 saturated heterocycles. The number of rotatable bonds is 4. The van der Waals surface area contributed by atoms with Crippen LogP contribution in [0.4, 0.5) is 11.4 Å². The molecule has 60 heavy (non-hydrogen) atoms. The molecular weight excluding hydrogens is 723 g/mol. The van der Waals surface area contributed by atoms with E-state index in [1.807, 2.05) is 0 Å². The maximum Gasteiger partial charge on any atom is 0.0709 e. The summed E-state index contributed by atoms with van der Waals surface area (Å²) in [5.41, 5.74) is 15.8. The molecule has 1 spiro atoms. The first-order valence-electron chi connectivity index (χ1n) is 21.5. The van der Waals surface area contributed by atoms with Gasteiger partial charge in [0.15, 0.2) is 0 Å². The predicted molar refractivity (Wildman–Crippen MR) is 254 cm³/mol. The monoisotopic (exact) mass is 763 g/mol. The summed E-state index contributed by atoms with van der Waals surface area (Å²) in [5.74, 6) is 0. The topological polar surface area (TPSA) is 3.24 Å². The number of fused-ring (bicyclic) bond motifs is 16. The maximum absolute atomic E-state index is 2.71. The van der Waals surface area contributed by atoms with E-state index < -0.39 is 5.41 Å². The Balaban J connectivity index is 1.11. The first-order chi connectivity index (χ1) is 29.8. The zero-order valence-electron chi connectivity index (χ0n) is 33.3. The molecule has 0 heterocycles. The van der Waals surface area contributed by atoms with Crippen molar-refractivity contribution in [2.24, 2.45) is 0 Å². The molecule has 0 fully saturated rings. The van der Waals surface area contributed by atoms with Gasteiger partial charge in [-0.05, 0) is 137 Å². The van der Waals surface area contributed by atoms with Crippen molar-refractivity contribution in [3.8, 4) is 11.1 Å². The Bertz CT molecular complexity index is 3390. The number of hydrogen-bond donors (Lipinski definition) is 0. The van der Waals surface area contributed by atoms with Gasteiger partial charge in [-0.3, -0.25) is 0 Å². The van der Waals surface area contributed by atoms with Crippen molar-refractivity contribution in [3.05, 3.63) is 240 Å². The molecule has 0 amide bonds. The van der Waals surface area contributed by atoms with E-state index >= 15 is 0 Å². The Morgan fingerprint density at radius 2 is 1.13 bits per heavy atom. The first kappa shape index (κ1) is 33.7. The fraction of sp³-hybridized carbons (Fsp3) is 0.0847. The molecule has 0 saturated carbocycles. The number of allylic oxidation sites excluding steroid dienone is 6. The van der Waals surface area contributed by atoms with Crippen molar-refractivity contribution in [1.29, 1.82) is 0 Å². The highest BCUT2D eigenvalue weighted by atomic mass is 15.2. The molecule has 9 aromatic rings. The van der Waals surface area contributed by atoms with Crippen molar-refractivity contribution in [3.63, 3.8) is 0 Å². The summed E-state index contributed by atoms with van der Waals surface area (Å²) in [4.78, 5) is 2.71. The molecule has 282 valence electrons. The molecule has 0 aromatic heterocycles. The van der Waals surface area contributed by atoms with Crippen LogP contribution in [0.1, 0.15) is 47.1 Å². The van der Waals surface area contributed by atoms with E-state index in [-0.39, 0.29) is 6.04 Å². The van der Waals surface area contributed by atoms with Crippen LogP contribution in [0.25, 0.3) is 65.4 Å². The number of hydrogen-bond acceptors (Lipinski definition) is 1. The fourth-order valence-corrected chi connectivity index (χ4v) is 11.6. The van der Waals surface area contributed by atoms with E-state index in [0.717, 1.165) is 19.3 Å². The third kappa shape index (κ3) is 4.63. The Labute approximate surface area is 350 Å². The van der Waals surface area contributed by atoms with Gasteiger partial charge in [-0.1, -0.05) is 182 Å². The lowest BCUT2D eigenvalue weighted by Gasteiger charge is -2.40. The van der Waals surface area contributed by atoms with Gasteiger partial charge in [-0.15, -0.1) is 0 Å². The zero-order chi connectivity index (χ0) is 39.4. The van der Waals surface area contributed by atoms with Crippen molar-refractivity contribution < 1.29 is 0 Å². The van der Waals surface area contributed by atoms with Gasteiger partial charge in [-0.2, -0.15) is 0 Å². The van der Waals surface area contributed by atoms with E-state index in [1.54, 1.807) is 0 Å². The molecule has 2 unspecified atom stereocenters. The fourth-order valence-electron chi connectivity index (χ4n) is 11.6. The molecule has 0 aliphatic heterocycles. The van der Waals surface area contributed by atoms with Crippen LogP contribution < -0.4 is 4.90 Å². The van der Waals surface area contributed by atoms with E-state index in [2.05, 4.69) is 211 Å². The van der Waals surface area contributed by atoms with Gasteiger partial charge in [0.2, 0.25) is 0 Å². The second kappa shape index (κ2) is 12.9. The average molecular weight is 764 g/mol. The van der Waals surface area contributed by atoms with E-state index in [0.29, 0.717) is 0 Å². The van der Waals surface area contributed by atoms with Crippen LogP contribution in [0, 0.1) is 0 Å². The minimum Gasteiger partial charge on any atom is -0.334 e. The van der Waals surface area contributed by atoms with E-state index in [4.69, 9.17) is 0 Å². The Morgan fingerprint density at radius 3 is 1.93 bits per heavy atom. The third-order valence-corrected chi connectivity index (χ3v) is 14.0. The Morgan fingerprint density at radius 1 is 0.483 bits per heavy atom. The van der Waals surface area contributed by atoms with Crippen LogP contribution in [-0.2, 0) is 5.41 Å². The first-order valence-corrected chi connectivity index (χ1v) is 21.5. The quantitative estimate of drug-likeness (QED) is 0.161. The maximum atomic E-state index is 2.71. The SMILES string of the molecule is C1=CC2=C(CC1)C1(c3ccccc32)c2ccccc2-c2cccc(N(c3ccc4c5ccccc5c5ccccc5c4c3)C3C=C(c4ccc5ccccc5c4)C=CC3)c21. The smallest absolute Gasteiger partial charge is 0.0709 e. The minimum atomic E-state index is -0.396. The van der Waals surface area contributed by atoms with Gasteiger partial charge < -0.3 is 4.90 Å². The molecule has 0 bridgehead atoms. The molecule has 13 rings (SSSR count). The Hall–Kier alpha value is -7.22. The van der Waals surface area contributed by atoms with Crippen LogP contribution in [0.5, 0.6) is 0 Å². The standard InChI is InChI=1S/C59H41N/c1-2-16-39-35-41(32-31-38(39)15-1)40-17-13-18-42(36-40)60(43-33-34-48-46-21-4-3-19-44(46)45-20-5-6-22-47(45)53(48)37-43)57-30-14-26-52-51-25-9-12-29-56(51)59(58(52)57)54-27-10-7-23-49(54)50-24-8-11-28-55(50)59/h1-10,12-17,19-27,29-37,42H,11,18,28H2. The number of anilines is 2. The Kier molecular flexibility index (Phi) is 7.24. The lowest BCUT2D eigenvalue weighted by Crippen LogP contribution is -2.35. The van der Waals surface area contributed by atoms with Crippen LogP contribution in [0.2, 0.25) is 0 Å². The largest absolute Gasteiger partial charge is 0.334 e. The van der Waals surface area contributed by atoms with Crippen LogP contribution >= 0.6 is 0 Å². The van der Waals surface area contributed by atoms with E-state index in [9.17, 15) is 0 Å². The number of nitrogens with zero attached hydrogens (tertiary/aromatic N) is 1. The van der Waals surface area contributed by atoms with Gasteiger partial charge in [0.1, 0.15) is 0 Å². The molecule has 4 aliphatic rings. The molecule has 9 aromatic carbocycles. The lowest BCUT2D eigenvalue weighted by atomic mass is 9.67. The second-order valence-corrected chi connectivity index (χ2v) is 17.0. The molecule has 0 radical (unpaired) electrons. The minimum absolute atomic E-state index is 0.0595. The highest BCUT2D eigenvalue weighted by Crippen LogP contribution is 2.66. The van der Waals surface area contributed by atoms with Crippen molar-refractivity contribution in [2.45, 2.75) is 30.7 Å². The average Bonchev–Trinajstić information content (AvgIpc) is 3.79. The van der Waals surface area contributed by atoms with Crippen molar-refractivity contribution in [1.82, 2.24) is 0 Å². The summed E-state index contributed by atoms with van der Waals surface area (Å²) >= 11 is 0. The predicted octanol–water partition coefficient (Wildman–Crippen LogP) is 15.3. The van der Waals surface area contributed by atoms with Crippen molar-refractivity contribution >= 4 is 65.6 Å². The molecule has 0 N–H and O–H groups in total. The molecule has 4 aliphatic carbocycles. The number of benzene rings is 9. The molecule has 1 heteroatoms. The molecular formula is C59H41N. The highest BCUT2D eigenvalue weighted by molar-refractivity contribution is 6.25. The summed E-state index contributed by atoms with van der Waals surface area (Å²) in [6.45, 7) is 0. The summed E-state index contributed by atoms with van der Waals surface area (Å²) in [5, 5.41) is 10.3. The highest BCUT2D eigenvalue weighted by Gasteiger charge is 2.54. The lowest BCUT2D eigenvalue weighted by molar-refractivity contribution is 0.704. The summed E-state index contributed by atoms with van der Waals surface area (Å²) in [7, 11) is 0. The van der Waals surface area contributed by atoms with Gasteiger partial charge in [0.05, 0.1) is 11.5 Å². The van der Waals surface area contributed by atoms with Crippen LogP contribution in [0.3, 0.4) is 0 Å².